The van der Waals surface area contributed by atoms with E-state index < -0.39 is 0 Å². The highest BCUT2D eigenvalue weighted by atomic mass is 16.7. The molecule has 2 aromatic rings. The Kier molecular flexibility index (Phi) is 4.34. The molecule has 1 unspecified atom stereocenters. The molecule has 2 heterocycles. The second-order valence-corrected chi connectivity index (χ2v) is 6.19. The van der Waals surface area contributed by atoms with Crippen molar-refractivity contribution in [1.82, 2.24) is 5.06 Å². The van der Waals surface area contributed by atoms with E-state index in [-0.39, 0.29) is 6.17 Å². The number of likely N-dealkylation sites (N-methyl/N-ethyl adjacent to an activating group) is 1. The molecule has 0 radical (unpaired) electrons. The van der Waals surface area contributed by atoms with Crippen molar-refractivity contribution in [1.29, 1.82) is 0 Å². The van der Waals surface area contributed by atoms with Crippen LogP contribution in [-0.2, 0) is 11.3 Å². The van der Waals surface area contributed by atoms with Crippen LogP contribution in [0.5, 0.6) is 11.5 Å². The first kappa shape index (κ1) is 16.6. The Morgan fingerprint density at radius 2 is 1.81 bits per heavy atom. The average Bonchev–Trinajstić information content (AvgIpc) is 3.08. The SMILES string of the molecule is COc1cc2c(cc1OC)C(C1N=C(c3ccccc3)ON1C)=NCC2. The number of fused-ring (bicyclic) bond motifs is 1. The van der Waals surface area contributed by atoms with Crippen LogP contribution in [0.15, 0.2) is 52.4 Å². The van der Waals surface area contributed by atoms with E-state index in [0.29, 0.717) is 11.6 Å². The quantitative estimate of drug-likeness (QED) is 0.850. The van der Waals surface area contributed by atoms with Gasteiger partial charge in [0, 0.05) is 24.7 Å². The van der Waals surface area contributed by atoms with E-state index in [9.17, 15) is 0 Å². The molecule has 0 fully saturated rings. The highest BCUT2D eigenvalue weighted by molar-refractivity contribution is 6.09. The Labute approximate surface area is 152 Å². The second-order valence-electron chi connectivity index (χ2n) is 6.19. The highest BCUT2D eigenvalue weighted by Gasteiger charge is 2.33. The smallest absolute Gasteiger partial charge is 0.243 e. The fourth-order valence-corrected chi connectivity index (χ4v) is 3.31. The minimum Gasteiger partial charge on any atom is -0.493 e. The first-order valence-electron chi connectivity index (χ1n) is 8.55. The van der Waals surface area contributed by atoms with Gasteiger partial charge in [-0.05, 0) is 36.2 Å². The van der Waals surface area contributed by atoms with E-state index in [2.05, 4.69) is 0 Å². The summed E-state index contributed by atoms with van der Waals surface area (Å²) < 4.78 is 10.9. The number of hydrogen-bond donors (Lipinski definition) is 0. The molecule has 0 aliphatic carbocycles. The summed E-state index contributed by atoms with van der Waals surface area (Å²) in [6, 6.07) is 13.9. The van der Waals surface area contributed by atoms with Crippen LogP contribution in [0.1, 0.15) is 16.7 Å². The van der Waals surface area contributed by atoms with Crippen LogP contribution in [0, 0.1) is 0 Å². The number of benzene rings is 2. The van der Waals surface area contributed by atoms with Crippen LogP contribution in [0.3, 0.4) is 0 Å². The molecule has 1 atom stereocenters. The number of ether oxygens (including phenoxy) is 2. The highest BCUT2D eigenvalue weighted by Crippen LogP contribution is 2.34. The second kappa shape index (κ2) is 6.80. The predicted octanol–water partition coefficient (Wildman–Crippen LogP) is 2.70. The summed E-state index contributed by atoms with van der Waals surface area (Å²) in [5.41, 5.74) is 4.06. The Morgan fingerprint density at radius 3 is 2.54 bits per heavy atom. The predicted molar refractivity (Wildman–Crippen MR) is 100 cm³/mol. The van der Waals surface area contributed by atoms with Crippen molar-refractivity contribution in [2.24, 2.45) is 9.98 Å². The molecule has 0 amide bonds. The number of nitrogens with zero attached hydrogens (tertiary/aromatic N) is 3. The molecule has 6 heteroatoms. The lowest BCUT2D eigenvalue weighted by molar-refractivity contribution is -0.0365. The standard InChI is InChI=1S/C20H21N3O3/c1-23-19(22-20(26-23)13-7-5-4-6-8-13)18-15-12-17(25-3)16(24-2)11-14(15)9-10-21-18/h4-8,11-12,19H,9-10H2,1-3H3. The lowest BCUT2D eigenvalue weighted by Crippen LogP contribution is -2.35. The molecule has 2 aliphatic rings. The van der Waals surface area contributed by atoms with Gasteiger partial charge in [-0.2, -0.15) is 0 Å². The number of methoxy groups -OCH3 is 2. The Morgan fingerprint density at radius 1 is 1.08 bits per heavy atom. The first-order valence-corrected chi connectivity index (χ1v) is 8.55. The molecular formula is C20H21N3O3. The zero-order chi connectivity index (χ0) is 18.1. The van der Waals surface area contributed by atoms with Crippen LogP contribution in [0.2, 0.25) is 0 Å². The first-order chi connectivity index (χ1) is 12.7. The lowest BCUT2D eigenvalue weighted by Gasteiger charge is -2.24. The molecule has 0 saturated heterocycles. The zero-order valence-corrected chi connectivity index (χ0v) is 15.1. The van der Waals surface area contributed by atoms with E-state index in [1.807, 2.05) is 49.5 Å². The van der Waals surface area contributed by atoms with Crippen LogP contribution in [0.25, 0.3) is 0 Å². The average molecular weight is 351 g/mol. The monoisotopic (exact) mass is 351 g/mol. The van der Waals surface area contributed by atoms with E-state index in [0.717, 1.165) is 35.6 Å². The van der Waals surface area contributed by atoms with Crippen molar-refractivity contribution < 1.29 is 14.3 Å². The third-order valence-corrected chi connectivity index (χ3v) is 4.63. The Balaban J connectivity index is 1.73. The summed E-state index contributed by atoms with van der Waals surface area (Å²) >= 11 is 0. The topological polar surface area (TPSA) is 55.6 Å². The zero-order valence-electron chi connectivity index (χ0n) is 15.1. The molecule has 134 valence electrons. The maximum absolute atomic E-state index is 5.88. The molecule has 0 bridgehead atoms. The summed E-state index contributed by atoms with van der Waals surface area (Å²) in [5, 5.41) is 1.74. The van der Waals surface area contributed by atoms with E-state index in [4.69, 9.17) is 24.3 Å². The van der Waals surface area contributed by atoms with E-state index in [1.54, 1.807) is 19.3 Å². The normalized spacial score (nSPS) is 19.3. The molecule has 0 aromatic heterocycles. The molecule has 2 aromatic carbocycles. The minimum absolute atomic E-state index is 0.289. The fourth-order valence-electron chi connectivity index (χ4n) is 3.31. The number of hydroxylamine groups is 2. The molecule has 0 spiro atoms. The van der Waals surface area contributed by atoms with Gasteiger partial charge in [0.05, 0.1) is 19.9 Å². The van der Waals surface area contributed by atoms with Crippen LogP contribution < -0.4 is 9.47 Å². The molecule has 26 heavy (non-hydrogen) atoms. The number of hydrogen-bond acceptors (Lipinski definition) is 6. The maximum atomic E-state index is 5.88. The van der Waals surface area contributed by atoms with Gasteiger partial charge in [-0.3, -0.25) is 4.99 Å². The van der Waals surface area contributed by atoms with E-state index >= 15 is 0 Å². The van der Waals surface area contributed by atoms with Gasteiger partial charge in [0.15, 0.2) is 17.7 Å². The number of rotatable bonds is 4. The third kappa shape index (κ3) is 2.82. The number of aliphatic imine (C=N–C) groups is 2. The Hall–Kier alpha value is -2.86. The van der Waals surface area contributed by atoms with Crippen LogP contribution in [0.4, 0.5) is 0 Å². The van der Waals surface area contributed by atoms with Gasteiger partial charge in [0.1, 0.15) is 0 Å². The summed E-state index contributed by atoms with van der Waals surface area (Å²) in [6.45, 7) is 0.721. The van der Waals surface area contributed by atoms with Crippen molar-refractivity contribution in [2.45, 2.75) is 12.6 Å². The lowest BCUT2D eigenvalue weighted by atomic mass is 9.95. The van der Waals surface area contributed by atoms with Crippen molar-refractivity contribution in [2.75, 3.05) is 27.8 Å². The maximum Gasteiger partial charge on any atom is 0.243 e. The summed E-state index contributed by atoms with van der Waals surface area (Å²) in [5.74, 6) is 2.03. The molecule has 6 nitrogen and oxygen atoms in total. The van der Waals surface area contributed by atoms with Crippen molar-refractivity contribution in [3.63, 3.8) is 0 Å². The van der Waals surface area contributed by atoms with Gasteiger partial charge in [0.25, 0.3) is 0 Å². The van der Waals surface area contributed by atoms with Crippen molar-refractivity contribution >= 4 is 11.6 Å². The molecule has 4 rings (SSSR count). The molecule has 2 aliphatic heterocycles. The van der Waals surface area contributed by atoms with Crippen LogP contribution in [-0.4, -0.2) is 50.7 Å². The summed E-state index contributed by atoms with van der Waals surface area (Å²) in [4.78, 5) is 15.4. The Bertz CT molecular complexity index is 877. The van der Waals surface area contributed by atoms with Gasteiger partial charge in [0.2, 0.25) is 5.90 Å². The van der Waals surface area contributed by atoms with Crippen LogP contribution >= 0.6 is 0 Å². The molecule has 0 saturated carbocycles. The minimum atomic E-state index is -0.289. The summed E-state index contributed by atoms with van der Waals surface area (Å²) in [6.07, 6.45) is 0.577. The molecular weight excluding hydrogens is 330 g/mol. The van der Waals surface area contributed by atoms with Gasteiger partial charge in [-0.25, -0.2) is 4.99 Å². The van der Waals surface area contributed by atoms with E-state index in [1.165, 1.54) is 5.56 Å². The van der Waals surface area contributed by atoms with Gasteiger partial charge >= 0.3 is 0 Å². The fraction of sp³-hybridized carbons (Fsp3) is 0.300. The van der Waals surface area contributed by atoms with Crippen molar-refractivity contribution in [3.05, 3.63) is 59.2 Å². The van der Waals surface area contributed by atoms with Gasteiger partial charge in [-0.15, -0.1) is 5.06 Å². The largest absolute Gasteiger partial charge is 0.493 e. The third-order valence-electron chi connectivity index (χ3n) is 4.63. The van der Waals surface area contributed by atoms with Gasteiger partial charge in [-0.1, -0.05) is 18.2 Å². The van der Waals surface area contributed by atoms with Crippen molar-refractivity contribution in [3.8, 4) is 11.5 Å². The molecule has 0 N–H and O–H groups in total. The van der Waals surface area contributed by atoms with Gasteiger partial charge < -0.3 is 14.3 Å². The summed E-state index contributed by atoms with van der Waals surface area (Å²) in [7, 11) is 5.17.